The molecule has 1 fully saturated rings. The van der Waals surface area contributed by atoms with Crippen LogP contribution in [0.2, 0.25) is 5.02 Å². The van der Waals surface area contributed by atoms with Crippen LogP contribution in [0.1, 0.15) is 37.0 Å². The number of nitrogens with one attached hydrogen (secondary N) is 1. The first kappa shape index (κ1) is 16.5. The van der Waals surface area contributed by atoms with Crippen molar-refractivity contribution in [3.63, 3.8) is 0 Å². The van der Waals surface area contributed by atoms with Crippen LogP contribution in [0.15, 0.2) is 17.0 Å². The highest BCUT2D eigenvalue weighted by atomic mass is 35.7. The summed E-state index contributed by atoms with van der Waals surface area (Å²) in [4.78, 5) is 11.4. The Morgan fingerprint density at radius 3 is 2.43 bits per heavy atom. The molecule has 0 spiro atoms. The van der Waals surface area contributed by atoms with Gasteiger partial charge in [-0.2, -0.15) is 0 Å². The third-order valence-electron chi connectivity index (χ3n) is 3.54. The lowest BCUT2D eigenvalue weighted by Gasteiger charge is -2.26. The summed E-state index contributed by atoms with van der Waals surface area (Å²) >= 11 is 5.75. The predicted molar refractivity (Wildman–Crippen MR) is 78.7 cm³/mol. The smallest absolute Gasteiger partial charge is 0.264 e. The fraction of sp³-hybridized carbons (Fsp3) is 0.462. The molecule has 0 heterocycles. The van der Waals surface area contributed by atoms with E-state index in [1.165, 1.54) is 0 Å². The third kappa shape index (κ3) is 3.67. The Morgan fingerprint density at radius 1 is 1.38 bits per heavy atom. The van der Waals surface area contributed by atoms with Gasteiger partial charge in [0.15, 0.2) is 5.82 Å². The maximum atomic E-state index is 14.2. The number of carbonyl (C=O) groups is 1. The highest BCUT2D eigenvalue weighted by molar-refractivity contribution is 8.13. The molecule has 0 aliphatic heterocycles. The first-order valence-corrected chi connectivity index (χ1v) is 8.97. The Bertz CT molecular complexity index is 700. The van der Waals surface area contributed by atoms with E-state index in [1.54, 1.807) is 0 Å². The first-order valence-electron chi connectivity index (χ1n) is 6.28. The molecule has 0 bridgehead atoms. The molecule has 1 aliphatic carbocycles. The van der Waals surface area contributed by atoms with E-state index in [0.29, 0.717) is 5.92 Å². The quantitative estimate of drug-likeness (QED) is 0.844. The molecule has 1 saturated carbocycles. The Morgan fingerprint density at radius 2 is 1.95 bits per heavy atom. The molecule has 21 heavy (non-hydrogen) atoms. The lowest BCUT2D eigenvalue weighted by molar-refractivity contribution is 0.0898. The highest BCUT2D eigenvalue weighted by Gasteiger charge is 2.39. The lowest BCUT2D eigenvalue weighted by Crippen LogP contribution is -2.45. The molecule has 1 aliphatic rings. The molecule has 0 atom stereocenters. The molecule has 116 valence electrons. The van der Waals surface area contributed by atoms with E-state index < -0.39 is 36.8 Å². The zero-order chi connectivity index (χ0) is 16.0. The van der Waals surface area contributed by atoms with Crippen LogP contribution in [0.25, 0.3) is 0 Å². The van der Waals surface area contributed by atoms with Gasteiger partial charge in [0.1, 0.15) is 4.90 Å². The fourth-order valence-corrected chi connectivity index (χ4v) is 3.39. The molecular formula is C13H14Cl2FNO3S. The van der Waals surface area contributed by atoms with Crippen molar-refractivity contribution in [2.75, 3.05) is 0 Å². The summed E-state index contributed by atoms with van der Waals surface area (Å²) in [5, 5.41) is 2.63. The van der Waals surface area contributed by atoms with Crippen LogP contribution in [0, 0.1) is 11.7 Å². The van der Waals surface area contributed by atoms with Crippen molar-refractivity contribution in [2.24, 2.45) is 5.92 Å². The number of hydrogen-bond acceptors (Lipinski definition) is 3. The maximum absolute atomic E-state index is 14.2. The second-order valence-corrected chi connectivity index (χ2v) is 8.62. The van der Waals surface area contributed by atoms with Crippen LogP contribution in [-0.4, -0.2) is 19.9 Å². The molecule has 1 aromatic rings. The van der Waals surface area contributed by atoms with Gasteiger partial charge in [0, 0.05) is 21.2 Å². The van der Waals surface area contributed by atoms with Gasteiger partial charge in [-0.05, 0) is 44.7 Å². The fourth-order valence-electron chi connectivity index (χ4n) is 2.17. The lowest BCUT2D eigenvalue weighted by atomic mass is 9.98. The van der Waals surface area contributed by atoms with Crippen LogP contribution < -0.4 is 5.32 Å². The Labute approximate surface area is 132 Å². The zero-order valence-corrected chi connectivity index (χ0v) is 13.7. The summed E-state index contributed by atoms with van der Waals surface area (Å²) in [7, 11) is 0.821. The Kier molecular flexibility index (Phi) is 4.26. The van der Waals surface area contributed by atoms with Gasteiger partial charge in [0.2, 0.25) is 0 Å². The molecule has 1 N–H and O–H groups in total. The van der Waals surface area contributed by atoms with Crippen molar-refractivity contribution in [1.82, 2.24) is 5.32 Å². The van der Waals surface area contributed by atoms with Crippen molar-refractivity contribution in [3.8, 4) is 0 Å². The summed E-state index contributed by atoms with van der Waals surface area (Å²) in [6.45, 7) is 3.68. The van der Waals surface area contributed by atoms with Crippen molar-refractivity contribution >= 4 is 37.2 Å². The van der Waals surface area contributed by atoms with Gasteiger partial charge < -0.3 is 5.32 Å². The second-order valence-electron chi connectivity index (χ2n) is 5.65. The Hall–Kier alpha value is -0.850. The van der Waals surface area contributed by atoms with Gasteiger partial charge in [0.05, 0.1) is 5.56 Å². The maximum Gasteiger partial charge on any atom is 0.264 e. The van der Waals surface area contributed by atoms with E-state index in [1.807, 2.05) is 13.8 Å². The van der Waals surface area contributed by atoms with Gasteiger partial charge in [-0.15, -0.1) is 0 Å². The van der Waals surface area contributed by atoms with Crippen LogP contribution in [0.4, 0.5) is 4.39 Å². The molecular weight excluding hydrogens is 340 g/mol. The van der Waals surface area contributed by atoms with Crippen molar-refractivity contribution in [2.45, 2.75) is 37.1 Å². The van der Waals surface area contributed by atoms with E-state index in [9.17, 15) is 17.6 Å². The Balaban J connectivity index is 2.39. The van der Waals surface area contributed by atoms with Gasteiger partial charge in [-0.25, -0.2) is 12.8 Å². The van der Waals surface area contributed by atoms with Gasteiger partial charge in [0.25, 0.3) is 15.0 Å². The van der Waals surface area contributed by atoms with E-state index in [2.05, 4.69) is 5.32 Å². The second kappa shape index (κ2) is 5.41. The zero-order valence-electron chi connectivity index (χ0n) is 11.4. The van der Waals surface area contributed by atoms with Crippen LogP contribution in [0.5, 0.6) is 0 Å². The molecule has 2 rings (SSSR count). The topological polar surface area (TPSA) is 63.2 Å². The minimum Gasteiger partial charge on any atom is -0.347 e. The van der Waals surface area contributed by atoms with E-state index in [4.69, 9.17) is 22.3 Å². The highest BCUT2D eigenvalue weighted by Crippen LogP contribution is 2.39. The number of amides is 1. The standard InChI is InChI=1S/C13H14Cl2FNO3S/c1-13(2,7-3-4-7)17-12(18)9-5-8(14)6-10(11(9)16)21(15,19)20/h5-7H,3-4H2,1-2H3,(H,17,18). The van der Waals surface area contributed by atoms with Gasteiger partial charge in [-0.3, -0.25) is 4.79 Å². The summed E-state index contributed by atoms with van der Waals surface area (Å²) in [5.74, 6) is -1.58. The molecule has 0 aromatic heterocycles. The summed E-state index contributed by atoms with van der Waals surface area (Å²) in [6, 6.07) is 1.96. The number of halogens is 3. The molecule has 0 unspecified atom stereocenters. The van der Waals surface area contributed by atoms with E-state index in [-0.39, 0.29) is 5.02 Å². The number of carbonyl (C=O) groups excluding carboxylic acids is 1. The molecule has 0 saturated heterocycles. The molecule has 1 aromatic carbocycles. The SMILES string of the molecule is CC(C)(NC(=O)c1cc(Cl)cc(S(=O)(=O)Cl)c1F)C1CC1. The van der Waals surface area contributed by atoms with Gasteiger partial charge >= 0.3 is 0 Å². The van der Waals surface area contributed by atoms with Gasteiger partial charge in [-0.1, -0.05) is 11.6 Å². The molecule has 1 amide bonds. The number of rotatable bonds is 4. The van der Waals surface area contributed by atoms with Crippen molar-refractivity contribution in [3.05, 3.63) is 28.5 Å². The van der Waals surface area contributed by atoms with E-state index in [0.717, 1.165) is 25.0 Å². The predicted octanol–water partition coefficient (Wildman–Crippen LogP) is 3.33. The van der Waals surface area contributed by atoms with Crippen LogP contribution in [-0.2, 0) is 9.05 Å². The van der Waals surface area contributed by atoms with Crippen molar-refractivity contribution in [1.29, 1.82) is 0 Å². The van der Waals surface area contributed by atoms with Crippen molar-refractivity contribution < 1.29 is 17.6 Å². The normalized spacial score (nSPS) is 15.9. The average Bonchev–Trinajstić information content (AvgIpc) is 3.13. The minimum absolute atomic E-state index is 0.0787. The summed E-state index contributed by atoms with van der Waals surface area (Å²) in [6.07, 6.45) is 1.99. The number of hydrogen-bond donors (Lipinski definition) is 1. The van der Waals surface area contributed by atoms with E-state index >= 15 is 0 Å². The summed E-state index contributed by atoms with van der Waals surface area (Å²) < 4.78 is 36.8. The van der Waals surface area contributed by atoms with Crippen LogP contribution >= 0.6 is 22.3 Å². The van der Waals surface area contributed by atoms with Crippen LogP contribution in [0.3, 0.4) is 0 Å². The third-order valence-corrected chi connectivity index (χ3v) is 5.08. The molecule has 8 heteroatoms. The molecule has 0 radical (unpaired) electrons. The largest absolute Gasteiger partial charge is 0.347 e. The first-order chi connectivity index (χ1) is 9.52. The summed E-state index contributed by atoms with van der Waals surface area (Å²) in [5.41, 5.74) is -0.929. The molecule has 4 nitrogen and oxygen atoms in total. The monoisotopic (exact) mass is 353 g/mol. The number of benzene rings is 1. The average molecular weight is 354 g/mol. The minimum atomic E-state index is -4.33.